The molecule has 0 saturated carbocycles. The van der Waals surface area contributed by atoms with Gasteiger partial charge in [0.25, 0.3) is 0 Å². The van der Waals surface area contributed by atoms with Crippen molar-refractivity contribution in [2.45, 2.75) is 76.3 Å². The van der Waals surface area contributed by atoms with Crippen LogP contribution < -0.4 is 0 Å². The van der Waals surface area contributed by atoms with Gasteiger partial charge in [0.05, 0.1) is 11.2 Å². The molecule has 0 aromatic heterocycles. The van der Waals surface area contributed by atoms with E-state index in [4.69, 9.17) is 13.9 Å². The molecule has 174 valence electrons. The number of hydrogen-bond donors (Lipinski definition) is 0. The lowest BCUT2D eigenvalue weighted by molar-refractivity contribution is -0.143. The standard InChI is InChI=1S/C23H42O4S2Si/c1-22(2,3)30(7,8)27-17-19(24)20(26-18-25-6)12-14-23(4,5)13-10-9-11-21-28-15-16-29-21/h9-11,13,20-21H,12,14-18H2,1-8H3/b11-9+,13-10+/t20-/m0/s1. The fourth-order valence-electron chi connectivity index (χ4n) is 2.59. The highest BCUT2D eigenvalue weighted by molar-refractivity contribution is 8.20. The van der Waals surface area contributed by atoms with Crippen LogP contribution >= 0.6 is 23.5 Å². The van der Waals surface area contributed by atoms with Gasteiger partial charge in [-0.1, -0.05) is 58.9 Å². The van der Waals surface area contributed by atoms with Gasteiger partial charge in [-0.15, -0.1) is 23.5 Å². The minimum Gasteiger partial charge on any atom is -0.409 e. The summed E-state index contributed by atoms with van der Waals surface area (Å²) in [6.45, 7) is 15.5. The molecule has 0 N–H and O–H groups in total. The summed E-state index contributed by atoms with van der Waals surface area (Å²) in [4.78, 5) is 12.8. The van der Waals surface area contributed by atoms with Crippen LogP contribution in [0.1, 0.15) is 47.5 Å². The second-order valence-electron chi connectivity index (χ2n) is 9.96. The van der Waals surface area contributed by atoms with Crippen LogP contribution in [-0.4, -0.2) is 56.8 Å². The second kappa shape index (κ2) is 12.8. The summed E-state index contributed by atoms with van der Waals surface area (Å²) in [7, 11) is -0.391. The van der Waals surface area contributed by atoms with Gasteiger partial charge in [0, 0.05) is 18.6 Å². The van der Waals surface area contributed by atoms with Crippen LogP contribution in [0.4, 0.5) is 0 Å². The predicted molar refractivity (Wildman–Crippen MR) is 135 cm³/mol. The fraction of sp³-hybridized carbons (Fsp3) is 0.783. The minimum absolute atomic E-state index is 0.00633. The molecule has 0 unspecified atom stereocenters. The highest BCUT2D eigenvalue weighted by Gasteiger charge is 2.38. The molecule has 0 bridgehead atoms. The van der Waals surface area contributed by atoms with Crippen molar-refractivity contribution in [3.63, 3.8) is 0 Å². The Kier molecular flexibility index (Phi) is 12.0. The van der Waals surface area contributed by atoms with E-state index in [9.17, 15) is 4.79 Å². The van der Waals surface area contributed by atoms with Gasteiger partial charge in [-0.3, -0.25) is 4.79 Å². The van der Waals surface area contributed by atoms with Crippen molar-refractivity contribution in [2.24, 2.45) is 5.41 Å². The predicted octanol–water partition coefficient (Wildman–Crippen LogP) is 6.29. The number of ether oxygens (including phenoxy) is 2. The van der Waals surface area contributed by atoms with Crippen molar-refractivity contribution >= 4 is 37.6 Å². The molecule has 7 heteroatoms. The molecule has 1 rings (SSSR count). The van der Waals surface area contributed by atoms with Crippen LogP contribution in [-0.2, 0) is 18.7 Å². The number of rotatable bonds is 13. The van der Waals surface area contributed by atoms with Crippen LogP contribution in [0.5, 0.6) is 0 Å². The fourth-order valence-corrected chi connectivity index (χ4v) is 6.13. The molecule has 4 nitrogen and oxygen atoms in total. The minimum atomic E-state index is -1.97. The third-order valence-electron chi connectivity index (χ3n) is 5.75. The molecule has 0 radical (unpaired) electrons. The molecule has 30 heavy (non-hydrogen) atoms. The zero-order chi connectivity index (χ0) is 22.8. The van der Waals surface area contributed by atoms with Crippen LogP contribution in [0.2, 0.25) is 18.1 Å². The number of carbonyl (C=O) groups excluding carboxylic acids is 1. The van der Waals surface area contributed by atoms with E-state index in [0.717, 1.165) is 6.42 Å². The first kappa shape index (κ1) is 28.0. The van der Waals surface area contributed by atoms with Gasteiger partial charge in [-0.25, -0.2) is 0 Å². The summed E-state index contributed by atoms with van der Waals surface area (Å²) in [5.74, 6) is 2.49. The number of allylic oxidation sites excluding steroid dienone is 3. The lowest BCUT2D eigenvalue weighted by Crippen LogP contribution is -2.43. The first-order chi connectivity index (χ1) is 13.9. The van der Waals surface area contributed by atoms with Crippen LogP contribution in [0.3, 0.4) is 0 Å². The van der Waals surface area contributed by atoms with E-state index in [1.165, 1.54) is 11.5 Å². The van der Waals surface area contributed by atoms with Crippen molar-refractivity contribution in [1.82, 2.24) is 0 Å². The Bertz CT molecular complexity index is 576. The first-order valence-corrected chi connectivity index (χ1v) is 15.7. The Labute approximate surface area is 194 Å². The maximum absolute atomic E-state index is 12.8. The molecule has 0 aromatic carbocycles. The zero-order valence-electron chi connectivity index (χ0n) is 20.2. The van der Waals surface area contributed by atoms with E-state index in [1.807, 2.05) is 23.5 Å². The van der Waals surface area contributed by atoms with Gasteiger partial charge in [0.1, 0.15) is 12.9 Å². The summed E-state index contributed by atoms with van der Waals surface area (Å²) in [5, 5.41) is 0.0754. The summed E-state index contributed by atoms with van der Waals surface area (Å²) < 4.78 is 17.5. The number of hydrogen-bond acceptors (Lipinski definition) is 6. The number of carbonyl (C=O) groups is 1. The topological polar surface area (TPSA) is 44.8 Å². The SMILES string of the molecule is COCO[C@@H](CCC(C)(C)/C=C/C=C/C1SCCS1)C(=O)CO[Si](C)(C)C(C)(C)C. The van der Waals surface area contributed by atoms with E-state index >= 15 is 0 Å². The van der Waals surface area contributed by atoms with Crippen LogP contribution in [0.15, 0.2) is 24.3 Å². The van der Waals surface area contributed by atoms with E-state index in [0.29, 0.717) is 11.0 Å². The Hall–Kier alpha value is -0.0531. The molecular formula is C23H42O4S2Si. The number of ketones is 1. The number of thioether (sulfide) groups is 2. The Morgan fingerprint density at radius 1 is 1.13 bits per heavy atom. The summed E-state index contributed by atoms with van der Waals surface area (Å²) in [6, 6.07) is 0. The highest BCUT2D eigenvalue weighted by atomic mass is 32.2. The smallest absolute Gasteiger partial charge is 0.192 e. The lowest BCUT2D eigenvalue weighted by atomic mass is 9.85. The van der Waals surface area contributed by atoms with Crippen molar-refractivity contribution in [3.05, 3.63) is 24.3 Å². The second-order valence-corrected chi connectivity index (χ2v) is 17.6. The average Bonchev–Trinajstić information content (AvgIpc) is 3.16. The molecule has 1 heterocycles. The number of Topliss-reactive ketones (excluding diaryl/α,β-unsaturated/α-hetero) is 1. The van der Waals surface area contributed by atoms with Gasteiger partial charge >= 0.3 is 0 Å². The van der Waals surface area contributed by atoms with Crippen LogP contribution in [0, 0.1) is 5.41 Å². The molecule has 0 aromatic rings. The third kappa shape index (κ3) is 10.5. The van der Waals surface area contributed by atoms with Gasteiger partial charge in [0.2, 0.25) is 0 Å². The zero-order valence-corrected chi connectivity index (χ0v) is 22.8. The first-order valence-electron chi connectivity index (χ1n) is 10.7. The van der Waals surface area contributed by atoms with E-state index in [-0.39, 0.29) is 29.6 Å². The Morgan fingerprint density at radius 3 is 2.33 bits per heavy atom. The largest absolute Gasteiger partial charge is 0.409 e. The molecule has 1 aliphatic heterocycles. The van der Waals surface area contributed by atoms with Crippen molar-refractivity contribution in [1.29, 1.82) is 0 Å². The quantitative estimate of drug-likeness (QED) is 0.177. The van der Waals surface area contributed by atoms with E-state index in [1.54, 1.807) is 7.11 Å². The lowest BCUT2D eigenvalue weighted by Gasteiger charge is -2.36. The van der Waals surface area contributed by atoms with Crippen LogP contribution in [0.25, 0.3) is 0 Å². The molecule has 1 fully saturated rings. The molecule has 1 atom stereocenters. The molecule has 0 amide bonds. The van der Waals surface area contributed by atoms with Crippen molar-refractivity contribution in [3.8, 4) is 0 Å². The molecule has 1 aliphatic rings. The van der Waals surface area contributed by atoms with Gasteiger partial charge < -0.3 is 13.9 Å². The molecule has 0 spiro atoms. The maximum atomic E-state index is 12.8. The van der Waals surface area contributed by atoms with Crippen molar-refractivity contribution < 1.29 is 18.7 Å². The highest BCUT2D eigenvalue weighted by Crippen LogP contribution is 2.36. The summed E-state index contributed by atoms with van der Waals surface area (Å²) in [6.07, 6.45) is 9.77. The third-order valence-corrected chi connectivity index (χ3v) is 13.2. The molecule has 1 saturated heterocycles. The van der Waals surface area contributed by atoms with Gasteiger partial charge in [-0.05, 0) is 36.4 Å². The average molecular weight is 475 g/mol. The van der Waals surface area contributed by atoms with Crippen molar-refractivity contribution in [2.75, 3.05) is 32.0 Å². The molecular weight excluding hydrogens is 432 g/mol. The summed E-state index contributed by atoms with van der Waals surface area (Å²) >= 11 is 4.00. The molecule has 0 aliphatic carbocycles. The summed E-state index contributed by atoms with van der Waals surface area (Å²) in [5.41, 5.74) is -0.0183. The Morgan fingerprint density at radius 2 is 1.77 bits per heavy atom. The normalized spacial score (nSPS) is 18.0. The van der Waals surface area contributed by atoms with Gasteiger partial charge in [-0.2, -0.15) is 0 Å². The monoisotopic (exact) mass is 474 g/mol. The maximum Gasteiger partial charge on any atom is 0.192 e. The Balaban J connectivity index is 2.59. The van der Waals surface area contributed by atoms with E-state index in [2.05, 4.69) is 72.0 Å². The number of methoxy groups -OCH3 is 1. The van der Waals surface area contributed by atoms with E-state index < -0.39 is 14.4 Å². The van der Waals surface area contributed by atoms with Gasteiger partial charge in [0.15, 0.2) is 14.1 Å².